The van der Waals surface area contributed by atoms with Gasteiger partial charge in [-0.05, 0) is 133 Å². The van der Waals surface area contributed by atoms with Gasteiger partial charge in [0.05, 0.1) is 0 Å². The van der Waals surface area contributed by atoms with Crippen LogP contribution in [0.1, 0.15) is 22.3 Å². The monoisotopic (exact) mass is 964 g/mol. The van der Waals surface area contributed by atoms with Gasteiger partial charge in [-0.25, -0.2) is 0 Å². The third-order valence-corrected chi connectivity index (χ3v) is 11.3. The van der Waals surface area contributed by atoms with Gasteiger partial charge < -0.3 is 41.6 Å². The molecular formula is C60H48N6O7. The molecule has 0 aliphatic heterocycles. The summed E-state index contributed by atoms with van der Waals surface area (Å²) in [5, 5.41) is 1.87. The fourth-order valence-corrected chi connectivity index (χ4v) is 7.90. The molecule has 13 nitrogen and oxygen atoms in total. The molecule has 2 heterocycles. The summed E-state index contributed by atoms with van der Waals surface area (Å²) in [4.78, 5) is 57.9. The first-order chi connectivity index (χ1) is 35.4. The highest BCUT2D eigenvalue weighted by Crippen LogP contribution is 2.38. The molecule has 0 spiro atoms. The van der Waals surface area contributed by atoms with Gasteiger partial charge in [-0.1, -0.05) is 97.1 Å². The van der Waals surface area contributed by atoms with Crippen LogP contribution in [0.4, 0.5) is 34.1 Å². The van der Waals surface area contributed by atoms with Crippen molar-refractivity contribution in [3.63, 3.8) is 0 Å². The number of benzene rings is 8. The van der Waals surface area contributed by atoms with E-state index in [-0.39, 0.29) is 12.0 Å². The van der Waals surface area contributed by atoms with Crippen LogP contribution in [0, 0.1) is 0 Å². The number of carbonyl (C=O) groups is 5. The molecule has 13 heteroatoms. The molecule has 10 rings (SSSR count). The van der Waals surface area contributed by atoms with E-state index >= 15 is 0 Å². The van der Waals surface area contributed by atoms with Gasteiger partial charge in [0.15, 0.2) is 0 Å². The summed E-state index contributed by atoms with van der Waals surface area (Å²) in [6.07, 6.45) is 1.83. The third kappa shape index (κ3) is 12.3. The number of amides is 4. The van der Waals surface area contributed by atoms with E-state index in [0.29, 0.717) is 28.1 Å². The average Bonchev–Trinajstić information content (AvgIpc) is 4.04. The highest BCUT2D eigenvalue weighted by Gasteiger charge is 2.16. The van der Waals surface area contributed by atoms with Crippen molar-refractivity contribution < 1.29 is 32.8 Å². The van der Waals surface area contributed by atoms with Crippen molar-refractivity contribution in [2.45, 2.75) is 6.42 Å². The number of hydrogen-bond acceptors (Lipinski definition) is 9. The predicted octanol–water partition coefficient (Wildman–Crippen LogP) is 11.7. The number of aldehydes is 1. The molecule has 360 valence electrons. The third-order valence-electron chi connectivity index (χ3n) is 11.3. The first-order valence-electron chi connectivity index (χ1n) is 22.9. The molecule has 0 unspecified atom stereocenters. The zero-order valence-electron chi connectivity index (χ0n) is 39.2. The van der Waals surface area contributed by atoms with E-state index in [2.05, 4.69) is 106 Å². The van der Waals surface area contributed by atoms with E-state index in [1.807, 2.05) is 109 Å². The quantitative estimate of drug-likeness (QED) is 0.0352. The van der Waals surface area contributed by atoms with Gasteiger partial charge in [0.2, 0.25) is 11.8 Å². The summed E-state index contributed by atoms with van der Waals surface area (Å²) in [5.74, 6) is -1.63. The van der Waals surface area contributed by atoms with Crippen LogP contribution in [0.5, 0.6) is 0 Å². The van der Waals surface area contributed by atoms with Crippen LogP contribution in [-0.2, 0) is 19.2 Å². The molecule has 4 amide bonds. The minimum Gasteiger partial charge on any atom is -0.456 e. The van der Waals surface area contributed by atoms with Crippen LogP contribution >= 0.6 is 0 Å². The number of primary amides is 4. The second kappa shape index (κ2) is 22.9. The first kappa shape index (κ1) is 49.2. The van der Waals surface area contributed by atoms with E-state index in [1.165, 1.54) is 6.08 Å². The van der Waals surface area contributed by atoms with E-state index in [1.54, 1.807) is 24.3 Å². The topological polar surface area (TPSA) is 222 Å². The molecule has 0 aliphatic rings. The molecule has 8 N–H and O–H groups in total. The van der Waals surface area contributed by atoms with Crippen molar-refractivity contribution >= 4 is 92.1 Å². The van der Waals surface area contributed by atoms with Gasteiger partial charge >= 0.3 is 0 Å². The van der Waals surface area contributed by atoms with Crippen LogP contribution in [0.15, 0.2) is 233 Å². The van der Waals surface area contributed by atoms with Gasteiger partial charge in [-0.3, -0.25) is 24.0 Å². The summed E-state index contributed by atoms with van der Waals surface area (Å²) in [6.45, 7) is 0. The van der Waals surface area contributed by atoms with Crippen molar-refractivity contribution in [1.29, 1.82) is 0 Å². The van der Waals surface area contributed by atoms with Crippen LogP contribution in [-0.4, -0.2) is 29.9 Å². The number of anilines is 6. The Morgan fingerprint density at radius 3 is 1.04 bits per heavy atom. The smallest absolute Gasteiger partial charge is 0.254 e. The Kier molecular flexibility index (Phi) is 15.4. The summed E-state index contributed by atoms with van der Waals surface area (Å²) in [7, 11) is 0. The highest BCUT2D eigenvalue weighted by atomic mass is 16.3. The summed E-state index contributed by atoms with van der Waals surface area (Å²) >= 11 is 0. The second-order valence-electron chi connectivity index (χ2n) is 16.4. The molecular weight excluding hydrogens is 917 g/mol. The molecule has 0 fully saturated rings. The molecule has 2 aromatic heterocycles. The van der Waals surface area contributed by atoms with Gasteiger partial charge in [0.25, 0.3) is 11.8 Å². The van der Waals surface area contributed by atoms with Gasteiger partial charge in [-0.2, -0.15) is 0 Å². The van der Waals surface area contributed by atoms with E-state index in [0.717, 1.165) is 68.1 Å². The van der Waals surface area contributed by atoms with Crippen molar-refractivity contribution in [2.24, 2.45) is 22.9 Å². The standard InChI is InChI=1S/C30H23N3O3.C27H19NO2.C3H6N2O2/c31-29(34)26(30(32)35)17-20-11-12-22-19-28(36-27(22)18-20)21-13-15-25(16-14-21)33(23-7-3-1-4-8-23)24-9-5-2-6-10-24;29-19-20-11-12-22-18-27(30-26(22)17-20)21-13-15-25(16-14-21)28(23-7-3-1-4-8-23)24-9-5-2-6-10-24;4-2(6)1-3(5)7/h1-19H,(H2,31,34)(H2,32,35);1-19H;1H2,(H2,4,6)(H2,5,7). The Morgan fingerprint density at radius 1 is 0.397 bits per heavy atom. The molecule has 0 saturated heterocycles. The molecule has 0 atom stereocenters. The van der Waals surface area contributed by atoms with E-state index in [9.17, 15) is 24.0 Å². The van der Waals surface area contributed by atoms with Gasteiger partial charge in [0.1, 0.15) is 41.0 Å². The lowest BCUT2D eigenvalue weighted by molar-refractivity contribution is -0.126. The average molecular weight is 965 g/mol. The Bertz CT molecular complexity index is 3450. The number of rotatable bonds is 14. The predicted molar refractivity (Wildman–Crippen MR) is 287 cm³/mol. The maximum atomic E-state index is 11.5. The minimum absolute atomic E-state index is 0.266. The molecule has 0 bridgehead atoms. The van der Waals surface area contributed by atoms with Crippen molar-refractivity contribution in [3.8, 4) is 22.6 Å². The van der Waals surface area contributed by atoms with Crippen LogP contribution in [0.2, 0.25) is 0 Å². The van der Waals surface area contributed by atoms with Gasteiger partial charge in [0, 0.05) is 61.6 Å². The fraction of sp³-hybridized carbons (Fsp3) is 0.0167. The lowest BCUT2D eigenvalue weighted by Crippen LogP contribution is -2.25. The van der Waals surface area contributed by atoms with E-state index in [4.69, 9.17) is 20.3 Å². The van der Waals surface area contributed by atoms with Crippen LogP contribution < -0.4 is 32.7 Å². The Labute approximate surface area is 420 Å². The molecule has 8 aromatic carbocycles. The largest absolute Gasteiger partial charge is 0.456 e. The molecule has 0 radical (unpaired) electrons. The fourth-order valence-electron chi connectivity index (χ4n) is 7.90. The first-order valence-corrected chi connectivity index (χ1v) is 22.9. The Hall–Kier alpha value is -10.3. The van der Waals surface area contributed by atoms with Crippen LogP contribution in [0.3, 0.4) is 0 Å². The number of para-hydroxylation sites is 4. The zero-order chi connectivity index (χ0) is 51.3. The maximum absolute atomic E-state index is 11.5. The number of fused-ring (bicyclic) bond motifs is 2. The SMILES string of the molecule is NC(=O)C(=Cc1ccc2cc(-c3ccc(N(c4ccccc4)c4ccccc4)cc3)oc2c1)C(N)=O.NC(=O)CC(N)=O.O=Cc1ccc2cc(-c3ccc(N(c4ccccc4)c4ccccc4)cc3)oc2c1. The maximum Gasteiger partial charge on any atom is 0.254 e. The summed E-state index contributed by atoms with van der Waals surface area (Å²) < 4.78 is 12.1. The normalized spacial score (nSPS) is 10.5. The Morgan fingerprint density at radius 2 is 0.726 bits per heavy atom. The number of nitrogens with zero attached hydrogens (tertiary/aromatic N) is 2. The molecule has 0 aliphatic carbocycles. The Balaban J connectivity index is 0.000000174. The number of nitrogens with two attached hydrogens (primary N) is 4. The number of carbonyl (C=O) groups excluding carboxylic acids is 5. The lowest BCUT2D eigenvalue weighted by Gasteiger charge is -2.25. The summed E-state index contributed by atoms with van der Waals surface area (Å²) in [5.41, 5.74) is 30.2. The number of furan rings is 2. The second-order valence-corrected chi connectivity index (χ2v) is 16.4. The molecule has 10 aromatic rings. The van der Waals surface area contributed by atoms with Crippen molar-refractivity contribution in [2.75, 3.05) is 9.80 Å². The lowest BCUT2D eigenvalue weighted by atomic mass is 10.1. The molecule has 0 saturated carbocycles. The minimum atomic E-state index is -0.872. The van der Waals surface area contributed by atoms with Crippen LogP contribution in [0.25, 0.3) is 50.7 Å². The number of hydrogen-bond donors (Lipinski definition) is 4. The zero-order valence-corrected chi connectivity index (χ0v) is 39.2. The van der Waals surface area contributed by atoms with Crippen molar-refractivity contribution in [1.82, 2.24) is 0 Å². The summed E-state index contributed by atoms with van der Waals surface area (Å²) in [6, 6.07) is 72.3. The van der Waals surface area contributed by atoms with E-state index < -0.39 is 23.6 Å². The van der Waals surface area contributed by atoms with Crippen molar-refractivity contribution in [3.05, 3.63) is 235 Å². The molecule has 73 heavy (non-hydrogen) atoms. The van der Waals surface area contributed by atoms with Gasteiger partial charge in [-0.15, -0.1) is 0 Å². The highest BCUT2D eigenvalue weighted by molar-refractivity contribution is 6.20.